The standard InChI is InChI=1S/C9H17N3O2S2/c1-7-8(2)15-9(12-7)6-10-4-5-11-16(3,13)14/h10-11H,4-6H2,1-3H3. The van der Waals surface area contributed by atoms with Crippen molar-refractivity contribution in [3.05, 3.63) is 15.6 Å². The van der Waals surface area contributed by atoms with Gasteiger partial charge in [-0.25, -0.2) is 18.1 Å². The maximum Gasteiger partial charge on any atom is 0.208 e. The quantitative estimate of drug-likeness (QED) is 0.729. The predicted octanol–water partition coefficient (Wildman–Crippen LogP) is 0.399. The largest absolute Gasteiger partial charge is 0.309 e. The molecule has 0 aliphatic heterocycles. The first-order valence-corrected chi connectivity index (χ1v) is 7.67. The molecule has 0 saturated heterocycles. The Bertz CT molecular complexity index is 420. The van der Waals surface area contributed by atoms with Crippen molar-refractivity contribution in [2.45, 2.75) is 20.4 Å². The van der Waals surface area contributed by atoms with Crippen LogP contribution >= 0.6 is 11.3 Å². The van der Waals surface area contributed by atoms with Crippen molar-refractivity contribution in [2.75, 3.05) is 19.3 Å². The molecule has 0 aromatic carbocycles. The molecule has 0 amide bonds. The summed E-state index contributed by atoms with van der Waals surface area (Å²) in [5, 5.41) is 4.17. The minimum absolute atomic E-state index is 0.405. The van der Waals surface area contributed by atoms with Gasteiger partial charge in [0.15, 0.2) is 0 Å². The number of aryl methyl sites for hydroxylation is 2. The highest BCUT2D eigenvalue weighted by Gasteiger charge is 2.03. The summed E-state index contributed by atoms with van der Waals surface area (Å²) in [6.07, 6.45) is 1.15. The number of aromatic nitrogens is 1. The molecular weight excluding hydrogens is 246 g/mol. The van der Waals surface area contributed by atoms with E-state index in [4.69, 9.17) is 0 Å². The summed E-state index contributed by atoms with van der Waals surface area (Å²) in [4.78, 5) is 5.60. The zero-order valence-corrected chi connectivity index (χ0v) is 11.3. The van der Waals surface area contributed by atoms with Gasteiger partial charge in [-0.3, -0.25) is 0 Å². The van der Waals surface area contributed by atoms with E-state index >= 15 is 0 Å². The van der Waals surface area contributed by atoms with Gasteiger partial charge in [0.05, 0.1) is 11.9 Å². The molecule has 0 atom stereocenters. The van der Waals surface area contributed by atoms with Crippen molar-refractivity contribution in [3.8, 4) is 0 Å². The van der Waals surface area contributed by atoms with Crippen LogP contribution in [0, 0.1) is 13.8 Å². The molecule has 0 unspecified atom stereocenters. The fraction of sp³-hybridized carbons (Fsp3) is 0.667. The lowest BCUT2D eigenvalue weighted by Gasteiger charge is -2.02. The summed E-state index contributed by atoms with van der Waals surface area (Å²) in [5.41, 5.74) is 1.07. The molecule has 0 aliphatic carbocycles. The molecule has 0 bridgehead atoms. The Hall–Kier alpha value is -0.500. The molecule has 0 saturated carbocycles. The Morgan fingerprint density at radius 1 is 1.31 bits per heavy atom. The monoisotopic (exact) mass is 263 g/mol. The average Bonchev–Trinajstić information content (AvgIpc) is 2.44. The molecule has 5 nitrogen and oxygen atoms in total. The Kier molecular flexibility index (Phi) is 4.85. The maximum atomic E-state index is 10.8. The normalized spacial score (nSPS) is 11.9. The SMILES string of the molecule is Cc1nc(CNCCNS(C)(=O)=O)sc1C. The number of hydrogen-bond acceptors (Lipinski definition) is 5. The molecule has 1 heterocycles. The van der Waals surface area contributed by atoms with Gasteiger partial charge in [0.25, 0.3) is 0 Å². The fourth-order valence-electron chi connectivity index (χ4n) is 1.13. The van der Waals surface area contributed by atoms with Crippen molar-refractivity contribution in [2.24, 2.45) is 0 Å². The first-order valence-electron chi connectivity index (χ1n) is 4.97. The van der Waals surface area contributed by atoms with Crippen molar-refractivity contribution in [1.82, 2.24) is 15.0 Å². The number of nitrogens with one attached hydrogen (secondary N) is 2. The lowest BCUT2D eigenvalue weighted by molar-refractivity contribution is 0.581. The first kappa shape index (κ1) is 13.6. The van der Waals surface area contributed by atoms with Gasteiger partial charge in [0.2, 0.25) is 10.0 Å². The molecule has 92 valence electrons. The van der Waals surface area contributed by atoms with E-state index in [0.29, 0.717) is 19.6 Å². The van der Waals surface area contributed by atoms with Crippen molar-refractivity contribution >= 4 is 21.4 Å². The van der Waals surface area contributed by atoms with Crippen LogP contribution in [0.1, 0.15) is 15.6 Å². The van der Waals surface area contributed by atoms with E-state index in [0.717, 1.165) is 17.0 Å². The highest BCUT2D eigenvalue weighted by Crippen LogP contribution is 2.15. The average molecular weight is 263 g/mol. The molecule has 16 heavy (non-hydrogen) atoms. The van der Waals surface area contributed by atoms with Gasteiger partial charge in [-0.15, -0.1) is 11.3 Å². The van der Waals surface area contributed by atoms with Crippen LogP contribution in [0.3, 0.4) is 0 Å². The molecule has 1 aromatic rings. The predicted molar refractivity (Wildman–Crippen MR) is 66.1 cm³/mol. The topological polar surface area (TPSA) is 71.1 Å². The Morgan fingerprint density at radius 3 is 2.50 bits per heavy atom. The third-order valence-corrected chi connectivity index (χ3v) is 3.82. The van der Waals surface area contributed by atoms with Crippen LogP contribution in [0.2, 0.25) is 0 Å². The van der Waals surface area contributed by atoms with Crippen LogP contribution in [0.5, 0.6) is 0 Å². The summed E-state index contributed by atoms with van der Waals surface area (Å²) in [5.74, 6) is 0. The van der Waals surface area contributed by atoms with Crippen LogP contribution < -0.4 is 10.0 Å². The third kappa shape index (κ3) is 5.02. The van der Waals surface area contributed by atoms with Gasteiger partial charge in [-0.2, -0.15) is 0 Å². The van der Waals surface area contributed by atoms with Gasteiger partial charge in [-0.1, -0.05) is 0 Å². The second kappa shape index (κ2) is 5.72. The minimum atomic E-state index is -3.07. The number of hydrogen-bond donors (Lipinski definition) is 2. The van der Waals surface area contributed by atoms with Crippen LogP contribution in [-0.4, -0.2) is 32.7 Å². The second-order valence-corrected chi connectivity index (χ2v) is 6.71. The smallest absolute Gasteiger partial charge is 0.208 e. The van der Waals surface area contributed by atoms with Crippen molar-refractivity contribution < 1.29 is 8.42 Å². The summed E-state index contributed by atoms with van der Waals surface area (Å²) >= 11 is 1.67. The molecule has 1 rings (SSSR count). The van der Waals surface area contributed by atoms with Gasteiger partial charge in [-0.05, 0) is 13.8 Å². The highest BCUT2D eigenvalue weighted by molar-refractivity contribution is 7.88. The molecule has 0 aliphatic rings. The molecule has 2 N–H and O–H groups in total. The highest BCUT2D eigenvalue weighted by atomic mass is 32.2. The third-order valence-electron chi connectivity index (χ3n) is 2.02. The van der Waals surface area contributed by atoms with Crippen LogP contribution in [0.4, 0.5) is 0 Å². The Labute approximate surface area is 100 Å². The zero-order valence-electron chi connectivity index (χ0n) is 9.70. The summed E-state index contributed by atoms with van der Waals surface area (Å²) in [6.45, 7) is 5.72. The molecule has 1 aromatic heterocycles. The van der Waals surface area contributed by atoms with E-state index in [1.165, 1.54) is 4.88 Å². The lowest BCUT2D eigenvalue weighted by Crippen LogP contribution is -2.30. The minimum Gasteiger partial charge on any atom is -0.309 e. The zero-order chi connectivity index (χ0) is 12.2. The molecular formula is C9H17N3O2S2. The van der Waals surface area contributed by atoms with Gasteiger partial charge < -0.3 is 5.32 Å². The van der Waals surface area contributed by atoms with E-state index in [-0.39, 0.29) is 0 Å². The molecule has 7 heteroatoms. The fourth-order valence-corrected chi connectivity index (χ4v) is 2.51. The first-order chi connectivity index (χ1) is 7.38. The van der Waals surface area contributed by atoms with Gasteiger partial charge >= 0.3 is 0 Å². The summed E-state index contributed by atoms with van der Waals surface area (Å²) in [6, 6.07) is 0. The van der Waals surface area contributed by atoms with Crippen molar-refractivity contribution in [1.29, 1.82) is 0 Å². The van der Waals surface area contributed by atoms with Crippen LogP contribution in [0.15, 0.2) is 0 Å². The Morgan fingerprint density at radius 2 is 2.00 bits per heavy atom. The number of nitrogens with zero attached hydrogens (tertiary/aromatic N) is 1. The maximum absolute atomic E-state index is 10.8. The van der Waals surface area contributed by atoms with E-state index in [9.17, 15) is 8.42 Å². The molecule has 0 fully saturated rings. The van der Waals surface area contributed by atoms with E-state index in [1.807, 2.05) is 13.8 Å². The number of thiazole rings is 1. The van der Waals surface area contributed by atoms with E-state index < -0.39 is 10.0 Å². The van der Waals surface area contributed by atoms with E-state index in [2.05, 4.69) is 15.0 Å². The second-order valence-electron chi connectivity index (χ2n) is 3.59. The Balaban J connectivity index is 2.21. The molecule has 0 radical (unpaired) electrons. The number of sulfonamides is 1. The summed E-state index contributed by atoms with van der Waals surface area (Å²) < 4.78 is 23.9. The lowest BCUT2D eigenvalue weighted by atomic mass is 10.4. The molecule has 0 spiro atoms. The van der Waals surface area contributed by atoms with E-state index in [1.54, 1.807) is 11.3 Å². The van der Waals surface area contributed by atoms with Gasteiger partial charge in [0.1, 0.15) is 5.01 Å². The number of rotatable bonds is 6. The van der Waals surface area contributed by atoms with Gasteiger partial charge in [0, 0.05) is 24.5 Å². The van der Waals surface area contributed by atoms with Crippen LogP contribution in [-0.2, 0) is 16.6 Å². The van der Waals surface area contributed by atoms with Crippen LogP contribution in [0.25, 0.3) is 0 Å². The summed E-state index contributed by atoms with van der Waals surface area (Å²) in [7, 11) is -3.07. The van der Waals surface area contributed by atoms with Crippen molar-refractivity contribution in [3.63, 3.8) is 0 Å².